The van der Waals surface area contributed by atoms with Gasteiger partial charge in [0, 0.05) is 6.42 Å². The number of fused-ring (bicyclic) bond motifs is 5. The number of aliphatic hydroxyl groups excluding tert-OH is 2. The zero-order valence-corrected chi connectivity index (χ0v) is 18.9. The summed E-state index contributed by atoms with van der Waals surface area (Å²) in [5.74, 6) is 3.17. The molecule has 0 aromatic rings. The lowest BCUT2D eigenvalue weighted by molar-refractivity contribution is -0.174. The lowest BCUT2D eigenvalue weighted by Crippen LogP contribution is -2.58. The molecule has 29 heavy (non-hydrogen) atoms. The van der Waals surface area contributed by atoms with E-state index < -0.39 is 0 Å². The number of rotatable bonds is 4. The van der Waals surface area contributed by atoms with Crippen molar-refractivity contribution < 1.29 is 19.7 Å². The van der Waals surface area contributed by atoms with E-state index in [1.807, 2.05) is 0 Å². The molecule has 4 saturated carbocycles. The quantitative estimate of drug-likeness (QED) is 0.671. The van der Waals surface area contributed by atoms with Crippen LogP contribution in [0.3, 0.4) is 0 Å². The SMILES string of the molecule is COC(=O)CC[C@@H](C)[C@H]1CCC2C3C(CC[C@@]21C)[C@@]1(C)CC[C@@H](O)C[C@H]1C[C@@H]3O. The third-order valence-corrected chi connectivity index (χ3v) is 10.4. The molecule has 4 fully saturated rings. The molecule has 166 valence electrons. The second kappa shape index (κ2) is 7.82. The zero-order valence-electron chi connectivity index (χ0n) is 18.9. The van der Waals surface area contributed by atoms with Crippen molar-refractivity contribution in [1.82, 2.24) is 0 Å². The molecule has 10 atom stereocenters. The van der Waals surface area contributed by atoms with Crippen LogP contribution in [0.5, 0.6) is 0 Å². The molecule has 0 aromatic heterocycles. The monoisotopic (exact) mass is 406 g/mol. The predicted molar refractivity (Wildman–Crippen MR) is 113 cm³/mol. The summed E-state index contributed by atoms with van der Waals surface area (Å²) in [6.45, 7) is 7.29. The molecule has 4 nitrogen and oxygen atoms in total. The summed E-state index contributed by atoms with van der Waals surface area (Å²) in [7, 11) is 1.48. The van der Waals surface area contributed by atoms with Gasteiger partial charge in [-0.1, -0.05) is 20.8 Å². The maximum absolute atomic E-state index is 11.6. The fourth-order valence-electron chi connectivity index (χ4n) is 8.82. The van der Waals surface area contributed by atoms with Gasteiger partial charge in [-0.2, -0.15) is 0 Å². The molecule has 0 radical (unpaired) electrons. The summed E-state index contributed by atoms with van der Waals surface area (Å²) >= 11 is 0. The molecule has 0 saturated heterocycles. The Hall–Kier alpha value is -0.610. The van der Waals surface area contributed by atoms with Gasteiger partial charge >= 0.3 is 5.97 Å². The molecule has 0 spiro atoms. The second-order valence-electron chi connectivity index (χ2n) is 11.5. The van der Waals surface area contributed by atoms with Crippen LogP contribution in [-0.2, 0) is 9.53 Å². The molecular formula is C25H42O4. The maximum Gasteiger partial charge on any atom is 0.305 e. The Balaban J connectivity index is 1.53. The first-order valence-electron chi connectivity index (χ1n) is 12.1. The molecule has 3 unspecified atom stereocenters. The fraction of sp³-hybridized carbons (Fsp3) is 0.960. The van der Waals surface area contributed by atoms with Crippen LogP contribution in [0.4, 0.5) is 0 Å². The Labute approximate surface area is 176 Å². The van der Waals surface area contributed by atoms with E-state index in [0.29, 0.717) is 47.3 Å². The molecule has 4 rings (SSSR count). The summed E-state index contributed by atoms with van der Waals surface area (Å²) in [6, 6.07) is 0. The van der Waals surface area contributed by atoms with Crippen molar-refractivity contribution in [3.05, 3.63) is 0 Å². The van der Waals surface area contributed by atoms with Crippen LogP contribution in [0.25, 0.3) is 0 Å². The van der Waals surface area contributed by atoms with Gasteiger partial charge in [-0.3, -0.25) is 4.79 Å². The Bertz CT molecular complexity index is 620. The van der Waals surface area contributed by atoms with E-state index in [9.17, 15) is 15.0 Å². The number of methoxy groups -OCH3 is 1. The van der Waals surface area contributed by atoms with Crippen LogP contribution >= 0.6 is 0 Å². The van der Waals surface area contributed by atoms with Gasteiger partial charge in [-0.25, -0.2) is 0 Å². The minimum Gasteiger partial charge on any atom is -0.469 e. The minimum absolute atomic E-state index is 0.0959. The molecule has 0 aromatic carbocycles. The summed E-state index contributed by atoms with van der Waals surface area (Å²) in [6.07, 6.45) is 9.80. The molecule has 4 aliphatic carbocycles. The van der Waals surface area contributed by atoms with Gasteiger partial charge in [0.25, 0.3) is 0 Å². The Morgan fingerprint density at radius 2 is 1.72 bits per heavy atom. The highest BCUT2D eigenvalue weighted by atomic mass is 16.5. The average molecular weight is 407 g/mol. The number of ether oxygens (including phenoxy) is 1. The summed E-state index contributed by atoms with van der Waals surface area (Å²) in [4.78, 5) is 11.6. The minimum atomic E-state index is -0.211. The number of carbonyl (C=O) groups excluding carboxylic acids is 1. The first kappa shape index (κ1) is 21.6. The molecule has 0 aliphatic heterocycles. The smallest absolute Gasteiger partial charge is 0.305 e. The highest BCUT2D eigenvalue weighted by Gasteiger charge is 2.62. The number of hydrogen-bond acceptors (Lipinski definition) is 4. The molecular weight excluding hydrogens is 364 g/mol. The van der Waals surface area contributed by atoms with Crippen LogP contribution in [-0.4, -0.2) is 35.5 Å². The number of hydrogen-bond donors (Lipinski definition) is 2. The third kappa shape index (κ3) is 3.46. The summed E-state index contributed by atoms with van der Waals surface area (Å²) < 4.78 is 4.86. The van der Waals surface area contributed by atoms with Crippen molar-refractivity contribution in [3.8, 4) is 0 Å². The van der Waals surface area contributed by atoms with Crippen LogP contribution in [0.1, 0.15) is 85.0 Å². The normalized spacial score (nSPS) is 50.2. The van der Waals surface area contributed by atoms with Crippen molar-refractivity contribution in [3.63, 3.8) is 0 Å². The van der Waals surface area contributed by atoms with Crippen molar-refractivity contribution in [1.29, 1.82) is 0 Å². The van der Waals surface area contributed by atoms with E-state index >= 15 is 0 Å². The van der Waals surface area contributed by atoms with E-state index in [1.165, 1.54) is 32.8 Å². The van der Waals surface area contributed by atoms with Gasteiger partial charge < -0.3 is 14.9 Å². The zero-order chi connectivity index (χ0) is 21.0. The molecule has 0 heterocycles. The first-order valence-corrected chi connectivity index (χ1v) is 12.1. The standard InChI is InChI=1S/C25H42O4/c1-15(5-8-22(28)29-4)18-6-7-19-23-20(10-12-25(18,19)3)24(2)11-9-17(26)13-16(24)14-21(23)27/h15-21,23,26-27H,5-14H2,1-4H3/t15-,16+,17-,18-,19?,20?,21+,23?,24+,25-/m1/s1. The average Bonchev–Trinajstić information content (AvgIpc) is 3.04. The van der Waals surface area contributed by atoms with Gasteiger partial charge in [0.15, 0.2) is 0 Å². The van der Waals surface area contributed by atoms with Gasteiger partial charge in [0.05, 0.1) is 19.3 Å². The number of aliphatic hydroxyl groups is 2. The van der Waals surface area contributed by atoms with E-state index in [4.69, 9.17) is 4.74 Å². The summed E-state index contributed by atoms with van der Waals surface area (Å²) in [5.41, 5.74) is 0.577. The molecule has 4 aliphatic rings. The summed E-state index contributed by atoms with van der Waals surface area (Å²) in [5, 5.41) is 21.5. The van der Waals surface area contributed by atoms with E-state index in [0.717, 1.165) is 32.1 Å². The fourth-order valence-corrected chi connectivity index (χ4v) is 8.82. The first-order chi connectivity index (χ1) is 13.7. The lowest BCUT2D eigenvalue weighted by Gasteiger charge is -2.62. The molecule has 4 heteroatoms. The maximum atomic E-state index is 11.6. The van der Waals surface area contributed by atoms with Gasteiger partial charge in [0.1, 0.15) is 0 Å². The predicted octanol–water partition coefficient (Wildman–Crippen LogP) is 4.57. The van der Waals surface area contributed by atoms with Crippen molar-refractivity contribution in [2.45, 2.75) is 97.2 Å². The number of esters is 1. The van der Waals surface area contributed by atoms with Crippen LogP contribution in [0.2, 0.25) is 0 Å². The lowest BCUT2D eigenvalue weighted by atomic mass is 9.43. The molecule has 0 bridgehead atoms. The second-order valence-corrected chi connectivity index (χ2v) is 11.5. The van der Waals surface area contributed by atoms with Gasteiger partial charge in [-0.05, 0) is 104 Å². The molecule has 2 N–H and O–H groups in total. The van der Waals surface area contributed by atoms with E-state index in [2.05, 4.69) is 20.8 Å². The van der Waals surface area contributed by atoms with Crippen LogP contribution in [0, 0.1) is 46.3 Å². The van der Waals surface area contributed by atoms with Crippen molar-refractivity contribution in [2.75, 3.05) is 7.11 Å². The number of carbonyl (C=O) groups is 1. The van der Waals surface area contributed by atoms with Gasteiger partial charge in [-0.15, -0.1) is 0 Å². The molecule has 0 amide bonds. The Kier molecular flexibility index (Phi) is 5.83. The van der Waals surface area contributed by atoms with Crippen LogP contribution < -0.4 is 0 Å². The highest BCUT2D eigenvalue weighted by molar-refractivity contribution is 5.69. The van der Waals surface area contributed by atoms with Crippen LogP contribution in [0.15, 0.2) is 0 Å². The highest BCUT2D eigenvalue weighted by Crippen LogP contribution is 2.68. The Morgan fingerprint density at radius 3 is 2.45 bits per heavy atom. The van der Waals surface area contributed by atoms with Crippen molar-refractivity contribution in [2.24, 2.45) is 46.3 Å². The topological polar surface area (TPSA) is 66.8 Å². The largest absolute Gasteiger partial charge is 0.469 e. The van der Waals surface area contributed by atoms with E-state index in [1.54, 1.807) is 0 Å². The van der Waals surface area contributed by atoms with Gasteiger partial charge in [0.2, 0.25) is 0 Å². The third-order valence-electron chi connectivity index (χ3n) is 10.4. The van der Waals surface area contributed by atoms with E-state index in [-0.39, 0.29) is 23.6 Å². The Morgan fingerprint density at radius 1 is 1.03 bits per heavy atom. The van der Waals surface area contributed by atoms with Crippen molar-refractivity contribution >= 4 is 5.97 Å².